The van der Waals surface area contributed by atoms with Crippen LogP contribution in [0.5, 0.6) is 5.75 Å². The van der Waals surface area contributed by atoms with Gasteiger partial charge < -0.3 is 10.5 Å². The summed E-state index contributed by atoms with van der Waals surface area (Å²) < 4.78 is 5.70. The molecule has 0 saturated carbocycles. The van der Waals surface area contributed by atoms with E-state index in [0.29, 0.717) is 6.61 Å². The van der Waals surface area contributed by atoms with Gasteiger partial charge in [-0.25, -0.2) is 0 Å². The Balaban J connectivity index is 2.15. The minimum absolute atomic E-state index is 0.672. The average molecular weight is 228 g/mol. The van der Waals surface area contributed by atoms with Crippen molar-refractivity contribution in [2.75, 3.05) is 13.2 Å². The highest BCUT2D eigenvalue weighted by molar-refractivity contribution is 5.37. The van der Waals surface area contributed by atoms with Gasteiger partial charge >= 0.3 is 0 Å². The number of rotatable bonds is 5. The molecule has 0 unspecified atom stereocenters. The SMILES string of the molecule is [NH3+]CCOc1ccccc1Cc1ccccc1. The molecule has 0 bridgehead atoms. The Kier molecular flexibility index (Phi) is 4.17. The lowest BCUT2D eigenvalue weighted by Gasteiger charge is -2.10. The summed E-state index contributed by atoms with van der Waals surface area (Å²) in [6, 6.07) is 18.6. The normalized spacial score (nSPS) is 10.2. The lowest BCUT2D eigenvalue weighted by Crippen LogP contribution is -2.52. The zero-order chi connectivity index (χ0) is 11.9. The van der Waals surface area contributed by atoms with Gasteiger partial charge in [0.05, 0.1) is 0 Å². The van der Waals surface area contributed by atoms with Crippen molar-refractivity contribution in [3.05, 3.63) is 65.7 Å². The molecule has 0 spiro atoms. The summed E-state index contributed by atoms with van der Waals surface area (Å²) in [7, 11) is 0. The van der Waals surface area contributed by atoms with Crippen molar-refractivity contribution in [3.63, 3.8) is 0 Å². The standard InChI is InChI=1S/C15H17NO/c16-10-11-17-15-9-5-4-8-14(15)12-13-6-2-1-3-7-13/h1-9H,10-12,16H2/p+1. The quantitative estimate of drug-likeness (QED) is 0.833. The van der Waals surface area contributed by atoms with E-state index in [1.165, 1.54) is 11.1 Å². The third-order valence-corrected chi connectivity index (χ3v) is 2.61. The fourth-order valence-electron chi connectivity index (χ4n) is 1.79. The van der Waals surface area contributed by atoms with Gasteiger partial charge in [-0.2, -0.15) is 0 Å². The number of ether oxygens (including phenoxy) is 1. The molecule has 0 aromatic heterocycles. The second kappa shape index (κ2) is 6.06. The lowest BCUT2D eigenvalue weighted by molar-refractivity contribution is -0.370. The number of benzene rings is 2. The maximum absolute atomic E-state index is 5.70. The largest absolute Gasteiger partial charge is 0.487 e. The number of hydrogen-bond acceptors (Lipinski definition) is 1. The van der Waals surface area contributed by atoms with Crippen molar-refractivity contribution in [1.82, 2.24) is 0 Å². The van der Waals surface area contributed by atoms with Gasteiger partial charge in [0.2, 0.25) is 0 Å². The van der Waals surface area contributed by atoms with E-state index in [0.717, 1.165) is 18.7 Å². The van der Waals surface area contributed by atoms with Crippen LogP contribution in [0.1, 0.15) is 11.1 Å². The molecule has 0 aliphatic rings. The molecule has 0 fully saturated rings. The Morgan fingerprint density at radius 2 is 1.59 bits per heavy atom. The first-order valence-electron chi connectivity index (χ1n) is 5.94. The second-order valence-corrected chi connectivity index (χ2v) is 3.97. The fourth-order valence-corrected chi connectivity index (χ4v) is 1.79. The van der Waals surface area contributed by atoms with Crippen LogP contribution in [0.2, 0.25) is 0 Å². The van der Waals surface area contributed by atoms with Gasteiger partial charge in [0, 0.05) is 6.42 Å². The van der Waals surface area contributed by atoms with E-state index >= 15 is 0 Å². The van der Waals surface area contributed by atoms with Crippen molar-refractivity contribution in [3.8, 4) is 5.75 Å². The molecule has 2 rings (SSSR count). The zero-order valence-corrected chi connectivity index (χ0v) is 9.93. The first kappa shape index (κ1) is 11.7. The molecule has 2 nitrogen and oxygen atoms in total. The first-order chi connectivity index (χ1) is 8.40. The molecule has 3 N–H and O–H groups in total. The van der Waals surface area contributed by atoms with E-state index in [4.69, 9.17) is 4.74 Å². The number of hydrogen-bond donors (Lipinski definition) is 1. The summed E-state index contributed by atoms with van der Waals surface area (Å²) in [5.74, 6) is 0.972. The summed E-state index contributed by atoms with van der Waals surface area (Å²) in [6.45, 7) is 1.46. The Hall–Kier alpha value is -1.80. The van der Waals surface area contributed by atoms with Crippen LogP contribution in [-0.4, -0.2) is 13.2 Å². The third-order valence-electron chi connectivity index (χ3n) is 2.61. The van der Waals surface area contributed by atoms with Crippen molar-refractivity contribution in [2.24, 2.45) is 0 Å². The predicted molar refractivity (Wildman–Crippen MR) is 68.9 cm³/mol. The smallest absolute Gasteiger partial charge is 0.137 e. The molecule has 0 aliphatic carbocycles. The monoisotopic (exact) mass is 228 g/mol. The molecule has 0 radical (unpaired) electrons. The van der Waals surface area contributed by atoms with Gasteiger partial charge in [-0.1, -0.05) is 48.5 Å². The average Bonchev–Trinajstić information content (AvgIpc) is 2.39. The summed E-state index contributed by atoms with van der Waals surface area (Å²) in [5.41, 5.74) is 6.32. The summed E-state index contributed by atoms with van der Waals surface area (Å²) in [4.78, 5) is 0. The molecule has 0 heterocycles. The molecule has 88 valence electrons. The van der Waals surface area contributed by atoms with Crippen LogP contribution in [0.25, 0.3) is 0 Å². The topological polar surface area (TPSA) is 36.9 Å². The Morgan fingerprint density at radius 3 is 2.35 bits per heavy atom. The van der Waals surface area contributed by atoms with Crippen LogP contribution in [-0.2, 0) is 6.42 Å². The van der Waals surface area contributed by atoms with Crippen LogP contribution in [0, 0.1) is 0 Å². The Labute approximate surface area is 102 Å². The highest BCUT2D eigenvalue weighted by Gasteiger charge is 2.03. The van der Waals surface area contributed by atoms with Gasteiger partial charge in [0.15, 0.2) is 0 Å². The van der Waals surface area contributed by atoms with Gasteiger partial charge in [-0.15, -0.1) is 0 Å². The molecular weight excluding hydrogens is 210 g/mol. The van der Waals surface area contributed by atoms with Crippen LogP contribution in [0.15, 0.2) is 54.6 Å². The van der Waals surface area contributed by atoms with Crippen LogP contribution >= 0.6 is 0 Å². The van der Waals surface area contributed by atoms with E-state index in [1.54, 1.807) is 0 Å². The minimum atomic E-state index is 0.672. The molecule has 2 aromatic rings. The van der Waals surface area contributed by atoms with Gasteiger partial charge in [-0.3, -0.25) is 0 Å². The first-order valence-corrected chi connectivity index (χ1v) is 5.94. The number of para-hydroxylation sites is 1. The van der Waals surface area contributed by atoms with Crippen molar-refractivity contribution < 1.29 is 10.5 Å². The molecule has 0 atom stereocenters. The summed E-state index contributed by atoms with van der Waals surface area (Å²) >= 11 is 0. The predicted octanol–water partition coefficient (Wildman–Crippen LogP) is 1.90. The molecule has 17 heavy (non-hydrogen) atoms. The lowest BCUT2D eigenvalue weighted by atomic mass is 10.0. The van der Waals surface area contributed by atoms with Crippen LogP contribution in [0.3, 0.4) is 0 Å². The molecule has 0 aliphatic heterocycles. The van der Waals surface area contributed by atoms with Gasteiger partial charge in [0.25, 0.3) is 0 Å². The van der Waals surface area contributed by atoms with Crippen LogP contribution in [0.4, 0.5) is 0 Å². The zero-order valence-electron chi connectivity index (χ0n) is 9.93. The van der Waals surface area contributed by atoms with Crippen LogP contribution < -0.4 is 10.5 Å². The van der Waals surface area contributed by atoms with Crippen molar-refractivity contribution >= 4 is 0 Å². The molecule has 0 amide bonds. The van der Waals surface area contributed by atoms with Gasteiger partial charge in [0.1, 0.15) is 18.9 Å². The van der Waals surface area contributed by atoms with Gasteiger partial charge in [-0.05, 0) is 17.2 Å². The molecule has 2 aromatic carbocycles. The number of quaternary nitrogens is 1. The molecular formula is C15H18NO+. The van der Waals surface area contributed by atoms with E-state index in [9.17, 15) is 0 Å². The highest BCUT2D eigenvalue weighted by atomic mass is 16.5. The highest BCUT2D eigenvalue weighted by Crippen LogP contribution is 2.21. The Bertz CT molecular complexity index is 453. The molecule has 2 heteroatoms. The van der Waals surface area contributed by atoms with Crippen molar-refractivity contribution in [2.45, 2.75) is 6.42 Å². The van der Waals surface area contributed by atoms with E-state index < -0.39 is 0 Å². The minimum Gasteiger partial charge on any atom is -0.487 e. The maximum Gasteiger partial charge on any atom is 0.137 e. The van der Waals surface area contributed by atoms with E-state index in [-0.39, 0.29) is 0 Å². The third kappa shape index (κ3) is 3.33. The second-order valence-electron chi connectivity index (χ2n) is 3.97. The fraction of sp³-hybridized carbons (Fsp3) is 0.200. The summed E-state index contributed by atoms with van der Waals surface area (Å²) in [6.07, 6.45) is 0.911. The molecule has 0 saturated heterocycles. The Morgan fingerprint density at radius 1 is 0.882 bits per heavy atom. The summed E-state index contributed by atoms with van der Waals surface area (Å²) in [5, 5.41) is 0. The van der Waals surface area contributed by atoms with E-state index in [2.05, 4.69) is 42.1 Å². The maximum atomic E-state index is 5.70. The van der Waals surface area contributed by atoms with Crippen molar-refractivity contribution in [1.29, 1.82) is 0 Å². The van der Waals surface area contributed by atoms with E-state index in [1.807, 2.05) is 18.2 Å².